The van der Waals surface area contributed by atoms with E-state index in [9.17, 15) is 4.79 Å². The van der Waals surface area contributed by atoms with Gasteiger partial charge in [0.05, 0.1) is 0 Å². The zero-order valence-corrected chi connectivity index (χ0v) is 18.3. The molecule has 0 amide bonds. The van der Waals surface area contributed by atoms with E-state index in [4.69, 9.17) is 0 Å². The SMILES string of the molecule is CCCC1CCC(CCCC2c3ccccc3Cc3cc(C(C)=O)ccc32)CC1. The summed E-state index contributed by atoms with van der Waals surface area (Å²) in [5.41, 5.74) is 6.64. The van der Waals surface area contributed by atoms with Crippen LogP contribution < -0.4 is 0 Å². The van der Waals surface area contributed by atoms with Crippen molar-refractivity contribution >= 4 is 5.78 Å². The maximum absolute atomic E-state index is 11.9. The van der Waals surface area contributed by atoms with Crippen LogP contribution in [0.15, 0.2) is 42.5 Å². The largest absolute Gasteiger partial charge is 0.295 e. The van der Waals surface area contributed by atoms with Crippen molar-refractivity contribution in [2.75, 3.05) is 0 Å². The highest BCUT2D eigenvalue weighted by atomic mass is 16.1. The third-order valence-electron chi connectivity index (χ3n) is 7.50. The molecule has 0 N–H and O–H groups in total. The summed E-state index contributed by atoms with van der Waals surface area (Å²) < 4.78 is 0. The molecule has 1 fully saturated rings. The van der Waals surface area contributed by atoms with E-state index in [1.807, 2.05) is 6.07 Å². The molecule has 1 nitrogen and oxygen atoms in total. The Kier molecular flexibility index (Phi) is 6.53. The molecule has 0 spiro atoms. The molecule has 1 atom stereocenters. The first kappa shape index (κ1) is 20.4. The number of ketones is 1. The van der Waals surface area contributed by atoms with Crippen LogP contribution in [0, 0.1) is 11.8 Å². The summed E-state index contributed by atoms with van der Waals surface area (Å²) in [4.78, 5) is 11.9. The van der Waals surface area contributed by atoms with E-state index >= 15 is 0 Å². The second kappa shape index (κ2) is 9.28. The number of carbonyl (C=O) groups is 1. The van der Waals surface area contributed by atoms with Gasteiger partial charge in [0.1, 0.15) is 0 Å². The van der Waals surface area contributed by atoms with Gasteiger partial charge in [0.25, 0.3) is 0 Å². The van der Waals surface area contributed by atoms with E-state index in [1.165, 1.54) is 80.0 Å². The van der Waals surface area contributed by atoms with E-state index in [0.29, 0.717) is 5.92 Å². The Bertz CT molecular complexity index is 841. The minimum atomic E-state index is 0.168. The minimum Gasteiger partial charge on any atom is -0.295 e. The number of hydrogen-bond acceptors (Lipinski definition) is 1. The van der Waals surface area contributed by atoms with Gasteiger partial charge in [-0.3, -0.25) is 4.79 Å². The van der Waals surface area contributed by atoms with Crippen LogP contribution >= 0.6 is 0 Å². The first-order chi connectivity index (χ1) is 14.2. The molecule has 2 aromatic carbocycles. The number of hydrogen-bond donors (Lipinski definition) is 0. The van der Waals surface area contributed by atoms with Crippen molar-refractivity contribution in [3.63, 3.8) is 0 Å². The molecule has 2 aliphatic rings. The highest BCUT2D eigenvalue weighted by Crippen LogP contribution is 2.41. The molecule has 1 saturated carbocycles. The molecule has 0 radical (unpaired) electrons. The summed E-state index contributed by atoms with van der Waals surface area (Å²) in [5.74, 6) is 2.61. The van der Waals surface area contributed by atoms with Crippen molar-refractivity contribution < 1.29 is 4.79 Å². The van der Waals surface area contributed by atoms with Crippen LogP contribution in [0.1, 0.15) is 110 Å². The second-order valence-electron chi connectivity index (χ2n) is 9.50. The topological polar surface area (TPSA) is 17.1 Å². The van der Waals surface area contributed by atoms with Gasteiger partial charge in [0.2, 0.25) is 0 Å². The highest BCUT2D eigenvalue weighted by Gasteiger charge is 2.26. The van der Waals surface area contributed by atoms with Crippen LogP contribution in [0.4, 0.5) is 0 Å². The number of benzene rings is 2. The van der Waals surface area contributed by atoms with Gasteiger partial charge in [-0.05, 0) is 59.9 Å². The van der Waals surface area contributed by atoms with Gasteiger partial charge in [0.15, 0.2) is 5.78 Å². The lowest BCUT2D eigenvalue weighted by Crippen LogP contribution is -2.16. The Balaban J connectivity index is 1.44. The summed E-state index contributed by atoms with van der Waals surface area (Å²) >= 11 is 0. The van der Waals surface area contributed by atoms with E-state index in [2.05, 4.69) is 43.3 Å². The first-order valence-electron chi connectivity index (χ1n) is 11.9. The first-order valence-corrected chi connectivity index (χ1v) is 11.9. The van der Waals surface area contributed by atoms with Gasteiger partial charge in [-0.15, -0.1) is 0 Å². The van der Waals surface area contributed by atoms with E-state index in [0.717, 1.165) is 23.8 Å². The van der Waals surface area contributed by atoms with Crippen molar-refractivity contribution in [2.45, 2.75) is 84.0 Å². The summed E-state index contributed by atoms with van der Waals surface area (Å²) in [6.45, 7) is 4.00. The van der Waals surface area contributed by atoms with Gasteiger partial charge in [0, 0.05) is 11.5 Å². The Morgan fingerprint density at radius 2 is 1.55 bits per heavy atom. The predicted molar refractivity (Wildman–Crippen MR) is 122 cm³/mol. The lowest BCUT2D eigenvalue weighted by molar-refractivity contribution is 0.101. The van der Waals surface area contributed by atoms with Crippen molar-refractivity contribution in [1.82, 2.24) is 0 Å². The van der Waals surface area contributed by atoms with Gasteiger partial charge in [-0.2, -0.15) is 0 Å². The Hall–Kier alpha value is -1.89. The molecule has 0 aromatic heterocycles. The van der Waals surface area contributed by atoms with Crippen LogP contribution in [-0.4, -0.2) is 5.78 Å². The average molecular weight is 389 g/mol. The van der Waals surface area contributed by atoms with E-state index in [1.54, 1.807) is 6.92 Å². The summed E-state index contributed by atoms with van der Waals surface area (Å²) in [6, 6.07) is 15.4. The van der Waals surface area contributed by atoms with Crippen LogP contribution in [0.3, 0.4) is 0 Å². The molecule has 4 rings (SSSR count). The molecule has 0 bridgehead atoms. The van der Waals surface area contributed by atoms with Gasteiger partial charge in [-0.1, -0.05) is 94.7 Å². The van der Waals surface area contributed by atoms with Crippen LogP contribution in [0.25, 0.3) is 0 Å². The lowest BCUT2D eigenvalue weighted by Gasteiger charge is -2.31. The molecule has 0 saturated heterocycles. The van der Waals surface area contributed by atoms with E-state index in [-0.39, 0.29) is 5.78 Å². The molecule has 1 unspecified atom stereocenters. The summed E-state index contributed by atoms with van der Waals surface area (Å²) in [5, 5.41) is 0. The highest BCUT2D eigenvalue weighted by molar-refractivity contribution is 5.94. The molecular weight excluding hydrogens is 352 g/mol. The Labute approximate surface area is 176 Å². The lowest BCUT2D eigenvalue weighted by atomic mass is 9.74. The second-order valence-corrected chi connectivity index (χ2v) is 9.50. The number of Topliss-reactive ketones (excluding diaryl/α,β-unsaturated/α-hetero) is 1. The molecule has 29 heavy (non-hydrogen) atoms. The minimum absolute atomic E-state index is 0.168. The molecule has 0 heterocycles. The third kappa shape index (κ3) is 4.65. The summed E-state index contributed by atoms with van der Waals surface area (Å²) in [6.07, 6.45) is 13.5. The average Bonchev–Trinajstić information content (AvgIpc) is 2.74. The maximum atomic E-state index is 11.9. The van der Waals surface area contributed by atoms with E-state index < -0.39 is 0 Å². The fraction of sp³-hybridized carbons (Fsp3) is 0.536. The van der Waals surface area contributed by atoms with Crippen molar-refractivity contribution in [3.8, 4) is 0 Å². The number of carbonyl (C=O) groups excluding carboxylic acids is 1. The molecule has 154 valence electrons. The maximum Gasteiger partial charge on any atom is 0.159 e. The summed E-state index contributed by atoms with van der Waals surface area (Å²) in [7, 11) is 0. The smallest absolute Gasteiger partial charge is 0.159 e. The standard InChI is InChI=1S/C28H36O/c1-3-7-21-12-14-22(15-13-21)8-6-11-28-26-10-5-4-9-24(26)19-25-18-23(20(2)29)16-17-27(25)28/h4-5,9-10,16-18,21-22,28H,3,6-8,11-15,19H2,1-2H3. The Morgan fingerprint density at radius 3 is 2.28 bits per heavy atom. The van der Waals surface area contributed by atoms with Gasteiger partial charge >= 0.3 is 0 Å². The number of rotatable bonds is 7. The number of fused-ring (bicyclic) bond motifs is 2. The molecule has 2 aliphatic carbocycles. The van der Waals surface area contributed by atoms with Gasteiger partial charge < -0.3 is 0 Å². The van der Waals surface area contributed by atoms with Crippen LogP contribution in [0.5, 0.6) is 0 Å². The normalized spacial score (nSPS) is 23.3. The van der Waals surface area contributed by atoms with Crippen LogP contribution in [-0.2, 0) is 6.42 Å². The van der Waals surface area contributed by atoms with Crippen molar-refractivity contribution in [2.24, 2.45) is 11.8 Å². The molecule has 1 heteroatoms. The fourth-order valence-corrected chi connectivity index (χ4v) is 5.86. The van der Waals surface area contributed by atoms with Crippen molar-refractivity contribution in [1.29, 1.82) is 0 Å². The zero-order valence-electron chi connectivity index (χ0n) is 18.3. The van der Waals surface area contributed by atoms with Crippen LogP contribution in [0.2, 0.25) is 0 Å². The predicted octanol–water partition coefficient (Wildman–Crippen LogP) is 7.70. The molecular formula is C28H36O. The molecule has 0 aliphatic heterocycles. The molecule has 2 aromatic rings. The zero-order chi connectivity index (χ0) is 20.2. The third-order valence-corrected chi connectivity index (χ3v) is 7.50. The fourth-order valence-electron chi connectivity index (χ4n) is 5.86. The van der Waals surface area contributed by atoms with Gasteiger partial charge in [-0.25, -0.2) is 0 Å². The Morgan fingerprint density at radius 1 is 0.862 bits per heavy atom. The quantitative estimate of drug-likeness (QED) is 0.444. The monoisotopic (exact) mass is 388 g/mol. The van der Waals surface area contributed by atoms with Crippen molar-refractivity contribution in [3.05, 3.63) is 70.3 Å².